The second kappa shape index (κ2) is 11.0. The largest absolute Gasteiger partial charge is 0.480 e. The minimum atomic E-state index is -2.16. The highest BCUT2D eigenvalue weighted by atomic mass is 28.3. The normalized spacial score (nSPS) is 13.1. The molecule has 0 unspecified atom stereocenters. The van der Waals surface area contributed by atoms with Crippen molar-refractivity contribution in [2.75, 3.05) is 19.7 Å². The van der Waals surface area contributed by atoms with Crippen molar-refractivity contribution in [3.05, 3.63) is 41.6 Å². The standard InChI is InChI=1S/C24H39NO5Si/c1-23(2,3)29-16-12-15-20(31(7,8)19-13-10-9-11-14-19)17-25(18-21(26)27)22(28)30-24(4,5)6/h9-11,13-15H,12,16-18H2,1-8H3,(H,26,27)/b20-15-. The topological polar surface area (TPSA) is 76.1 Å². The van der Waals surface area contributed by atoms with Gasteiger partial charge in [0.25, 0.3) is 0 Å². The van der Waals surface area contributed by atoms with Crippen LogP contribution in [0.1, 0.15) is 48.0 Å². The molecule has 0 saturated heterocycles. The van der Waals surface area contributed by atoms with Gasteiger partial charge in [-0.25, -0.2) is 4.79 Å². The highest BCUT2D eigenvalue weighted by Gasteiger charge is 2.32. The number of nitrogens with zero attached hydrogens (tertiary/aromatic N) is 1. The van der Waals surface area contributed by atoms with Crippen molar-refractivity contribution in [2.24, 2.45) is 0 Å². The van der Waals surface area contributed by atoms with Crippen LogP contribution in [-0.2, 0) is 14.3 Å². The molecule has 31 heavy (non-hydrogen) atoms. The SMILES string of the molecule is CC(C)(C)OCC/C=C(/CN(CC(=O)O)C(=O)OC(C)(C)C)[Si](C)(C)c1ccccc1. The van der Waals surface area contributed by atoms with Gasteiger partial charge in [-0.3, -0.25) is 9.69 Å². The maximum atomic E-state index is 12.8. The van der Waals surface area contributed by atoms with Crippen LogP contribution < -0.4 is 5.19 Å². The van der Waals surface area contributed by atoms with Crippen molar-refractivity contribution in [3.8, 4) is 0 Å². The van der Waals surface area contributed by atoms with Gasteiger partial charge in [-0.15, -0.1) is 0 Å². The molecule has 1 aromatic carbocycles. The molecule has 0 radical (unpaired) electrons. The Kier molecular flexibility index (Phi) is 9.51. The summed E-state index contributed by atoms with van der Waals surface area (Å²) in [5, 5.41) is 11.7. The molecule has 0 aliphatic rings. The number of amides is 1. The van der Waals surface area contributed by atoms with Crippen molar-refractivity contribution >= 4 is 25.3 Å². The first kappa shape index (κ1) is 26.9. The van der Waals surface area contributed by atoms with Gasteiger partial charge in [0.05, 0.1) is 12.2 Å². The summed E-state index contributed by atoms with van der Waals surface area (Å²) in [5.74, 6) is -1.07. The average Bonchev–Trinajstić information content (AvgIpc) is 2.61. The summed E-state index contributed by atoms with van der Waals surface area (Å²) in [7, 11) is -2.16. The maximum Gasteiger partial charge on any atom is 0.411 e. The molecule has 174 valence electrons. The van der Waals surface area contributed by atoms with E-state index in [0.717, 1.165) is 5.20 Å². The molecular weight excluding hydrogens is 410 g/mol. The second-order valence-electron chi connectivity index (χ2n) is 10.2. The third kappa shape index (κ3) is 10.2. The number of benzene rings is 1. The van der Waals surface area contributed by atoms with E-state index in [-0.39, 0.29) is 12.1 Å². The van der Waals surface area contributed by atoms with E-state index in [1.54, 1.807) is 20.8 Å². The summed E-state index contributed by atoms with van der Waals surface area (Å²) in [6, 6.07) is 10.2. The molecule has 1 amide bonds. The van der Waals surface area contributed by atoms with E-state index in [0.29, 0.717) is 13.0 Å². The van der Waals surface area contributed by atoms with Gasteiger partial charge in [-0.1, -0.05) is 59.9 Å². The predicted octanol–water partition coefficient (Wildman–Crippen LogP) is 4.59. The fourth-order valence-corrected chi connectivity index (χ4v) is 5.67. The number of hydrogen-bond acceptors (Lipinski definition) is 4. The third-order valence-electron chi connectivity index (χ3n) is 4.68. The van der Waals surface area contributed by atoms with Gasteiger partial charge in [-0.2, -0.15) is 0 Å². The van der Waals surface area contributed by atoms with Crippen molar-refractivity contribution < 1.29 is 24.2 Å². The highest BCUT2D eigenvalue weighted by Crippen LogP contribution is 2.20. The quantitative estimate of drug-likeness (QED) is 0.441. The van der Waals surface area contributed by atoms with Crippen LogP contribution in [0.5, 0.6) is 0 Å². The molecular formula is C24H39NO5Si. The third-order valence-corrected chi connectivity index (χ3v) is 8.43. The van der Waals surface area contributed by atoms with Crippen LogP contribution in [0.15, 0.2) is 41.6 Å². The molecule has 0 aliphatic heterocycles. The van der Waals surface area contributed by atoms with Gasteiger partial charge in [0, 0.05) is 6.54 Å². The lowest BCUT2D eigenvalue weighted by Gasteiger charge is -2.32. The molecule has 1 N–H and O–H groups in total. The number of carbonyl (C=O) groups is 2. The van der Waals surface area contributed by atoms with E-state index in [4.69, 9.17) is 9.47 Å². The number of carboxylic acid groups (broad SMARTS) is 1. The van der Waals surface area contributed by atoms with Crippen LogP contribution >= 0.6 is 0 Å². The van der Waals surface area contributed by atoms with Gasteiger partial charge >= 0.3 is 12.1 Å². The lowest BCUT2D eigenvalue weighted by molar-refractivity contribution is -0.138. The van der Waals surface area contributed by atoms with Crippen molar-refractivity contribution in [1.82, 2.24) is 4.90 Å². The number of hydrogen-bond donors (Lipinski definition) is 1. The molecule has 1 rings (SSSR count). The Hall–Kier alpha value is -2.12. The van der Waals surface area contributed by atoms with E-state index < -0.39 is 32.3 Å². The summed E-state index contributed by atoms with van der Waals surface area (Å²) in [5.41, 5.74) is -0.934. The second-order valence-corrected chi connectivity index (χ2v) is 14.7. The zero-order chi connectivity index (χ0) is 23.9. The Morgan fingerprint density at radius 2 is 1.58 bits per heavy atom. The minimum Gasteiger partial charge on any atom is -0.480 e. The van der Waals surface area contributed by atoms with Gasteiger partial charge in [-0.05, 0) is 48.0 Å². The van der Waals surface area contributed by atoms with E-state index in [2.05, 4.69) is 31.3 Å². The highest BCUT2D eigenvalue weighted by molar-refractivity contribution is 6.95. The fourth-order valence-electron chi connectivity index (χ4n) is 3.04. The molecule has 0 bridgehead atoms. The lowest BCUT2D eigenvalue weighted by atomic mass is 10.2. The van der Waals surface area contributed by atoms with Crippen LogP contribution in [-0.4, -0.2) is 61.0 Å². The zero-order valence-electron chi connectivity index (χ0n) is 20.3. The summed E-state index contributed by atoms with van der Waals surface area (Å²) in [4.78, 5) is 25.5. The molecule has 7 heteroatoms. The molecule has 0 heterocycles. The van der Waals surface area contributed by atoms with E-state index >= 15 is 0 Å². The predicted molar refractivity (Wildman–Crippen MR) is 127 cm³/mol. The lowest BCUT2D eigenvalue weighted by Crippen LogP contribution is -2.49. The van der Waals surface area contributed by atoms with E-state index in [9.17, 15) is 14.7 Å². The molecule has 0 spiro atoms. The molecule has 1 aromatic rings. The molecule has 6 nitrogen and oxygen atoms in total. The van der Waals surface area contributed by atoms with Crippen molar-refractivity contribution in [1.29, 1.82) is 0 Å². The van der Waals surface area contributed by atoms with Gasteiger partial charge in [0.2, 0.25) is 0 Å². The van der Waals surface area contributed by atoms with Crippen LogP contribution in [0, 0.1) is 0 Å². The molecule has 0 saturated carbocycles. The van der Waals surface area contributed by atoms with E-state index in [1.807, 2.05) is 39.0 Å². The van der Waals surface area contributed by atoms with Crippen LogP contribution in [0.25, 0.3) is 0 Å². The zero-order valence-corrected chi connectivity index (χ0v) is 21.3. The van der Waals surface area contributed by atoms with Crippen LogP contribution in [0.2, 0.25) is 13.1 Å². The molecule has 0 aliphatic carbocycles. The van der Waals surface area contributed by atoms with Crippen LogP contribution in [0.4, 0.5) is 4.79 Å². The summed E-state index contributed by atoms with van der Waals surface area (Å²) in [6.07, 6.45) is 2.18. The van der Waals surface area contributed by atoms with Gasteiger partial charge < -0.3 is 14.6 Å². The average molecular weight is 450 g/mol. The summed E-state index contributed by atoms with van der Waals surface area (Å²) in [6.45, 7) is 16.1. The van der Waals surface area contributed by atoms with Gasteiger partial charge in [0.1, 0.15) is 20.2 Å². The first-order valence-corrected chi connectivity index (χ1v) is 13.7. The van der Waals surface area contributed by atoms with E-state index in [1.165, 1.54) is 10.1 Å². The molecule has 0 aromatic heterocycles. The van der Waals surface area contributed by atoms with Gasteiger partial charge in [0.15, 0.2) is 0 Å². The smallest absolute Gasteiger partial charge is 0.411 e. The first-order chi connectivity index (χ1) is 14.1. The van der Waals surface area contributed by atoms with Crippen LogP contribution in [0.3, 0.4) is 0 Å². The minimum absolute atomic E-state index is 0.213. The monoisotopic (exact) mass is 449 g/mol. The Balaban J connectivity index is 3.22. The fraction of sp³-hybridized carbons (Fsp3) is 0.583. The maximum absolute atomic E-state index is 12.8. The number of rotatable bonds is 9. The number of ether oxygens (including phenoxy) is 2. The molecule has 0 atom stereocenters. The Morgan fingerprint density at radius 3 is 2.06 bits per heavy atom. The Labute approximate surface area is 188 Å². The molecule has 0 fully saturated rings. The Bertz CT molecular complexity index is 760. The summed E-state index contributed by atoms with van der Waals surface area (Å²) < 4.78 is 11.3. The summed E-state index contributed by atoms with van der Waals surface area (Å²) >= 11 is 0. The van der Waals surface area contributed by atoms with Crippen molar-refractivity contribution in [3.63, 3.8) is 0 Å². The van der Waals surface area contributed by atoms with Crippen molar-refractivity contribution in [2.45, 2.75) is 72.3 Å². The number of carbonyl (C=O) groups excluding carboxylic acids is 1. The first-order valence-electron chi connectivity index (χ1n) is 10.7. The number of carboxylic acids is 1. The number of aliphatic carboxylic acids is 1. The Morgan fingerprint density at radius 1 is 1.00 bits per heavy atom.